The lowest BCUT2D eigenvalue weighted by Crippen LogP contribution is -2.18. The molecule has 0 aliphatic heterocycles. The highest BCUT2D eigenvalue weighted by molar-refractivity contribution is 5.90. The van der Waals surface area contributed by atoms with Crippen LogP contribution in [0.2, 0.25) is 0 Å². The lowest BCUT2D eigenvalue weighted by molar-refractivity contribution is -0.385. The second-order valence-electron chi connectivity index (χ2n) is 3.19. The third kappa shape index (κ3) is 2.65. The van der Waals surface area contributed by atoms with Gasteiger partial charge in [0, 0.05) is 6.20 Å². The number of rotatable bonds is 4. The predicted molar refractivity (Wildman–Crippen MR) is 56.1 cm³/mol. The summed E-state index contributed by atoms with van der Waals surface area (Å²) >= 11 is 0. The van der Waals surface area contributed by atoms with Crippen LogP contribution in [0.1, 0.15) is 0 Å². The van der Waals surface area contributed by atoms with Gasteiger partial charge in [0.1, 0.15) is 18.9 Å². The molecule has 2 aromatic heterocycles. The van der Waals surface area contributed by atoms with Crippen molar-refractivity contribution in [2.45, 2.75) is 6.54 Å². The number of H-pyrrole nitrogens is 1. The zero-order chi connectivity index (χ0) is 12.3. The van der Waals surface area contributed by atoms with E-state index < -0.39 is 4.92 Å². The molecule has 0 unspecified atom stereocenters. The summed E-state index contributed by atoms with van der Waals surface area (Å²) in [5.74, 6) is -0.343. The van der Waals surface area contributed by atoms with Crippen molar-refractivity contribution in [3.8, 4) is 0 Å². The minimum atomic E-state index is -0.572. The highest BCUT2D eigenvalue weighted by Gasteiger charge is 2.11. The summed E-state index contributed by atoms with van der Waals surface area (Å²) in [6.45, 7) is -0.0982. The molecule has 1 amide bonds. The van der Waals surface area contributed by atoms with Crippen LogP contribution in [0.25, 0.3) is 0 Å². The van der Waals surface area contributed by atoms with E-state index >= 15 is 0 Å². The smallest absolute Gasteiger partial charge is 0.307 e. The quantitative estimate of drug-likeness (QED) is 0.578. The number of aromatic amines is 1. The Kier molecular flexibility index (Phi) is 2.81. The number of carbonyl (C=O) groups excluding carboxylic acids is 1. The highest BCUT2D eigenvalue weighted by Crippen LogP contribution is 2.08. The molecular formula is C8H8N6O3. The molecule has 2 aromatic rings. The molecule has 17 heavy (non-hydrogen) atoms. The molecule has 0 spiro atoms. The van der Waals surface area contributed by atoms with Crippen molar-refractivity contribution >= 4 is 17.3 Å². The summed E-state index contributed by atoms with van der Waals surface area (Å²) in [5.41, 5.74) is 0.373. The second kappa shape index (κ2) is 4.43. The summed E-state index contributed by atoms with van der Waals surface area (Å²) < 4.78 is 1.19. The van der Waals surface area contributed by atoms with Crippen LogP contribution in [-0.4, -0.2) is 30.8 Å². The van der Waals surface area contributed by atoms with Gasteiger partial charge in [0.05, 0.1) is 16.8 Å². The number of carbonyl (C=O) groups is 1. The maximum absolute atomic E-state index is 11.5. The third-order valence-electron chi connectivity index (χ3n) is 1.92. The Morgan fingerprint density at radius 2 is 2.41 bits per heavy atom. The highest BCUT2D eigenvalue weighted by atomic mass is 16.6. The van der Waals surface area contributed by atoms with Crippen LogP contribution in [0.5, 0.6) is 0 Å². The lowest BCUT2D eigenvalue weighted by Gasteiger charge is -2.01. The number of nitrogens with one attached hydrogen (secondary N) is 2. The Hall–Kier alpha value is -2.71. The van der Waals surface area contributed by atoms with Crippen LogP contribution in [0, 0.1) is 10.1 Å². The first-order valence-electron chi connectivity index (χ1n) is 4.60. The molecular weight excluding hydrogens is 228 g/mol. The zero-order valence-electron chi connectivity index (χ0n) is 8.53. The SMILES string of the molecule is O=C(Cn1cc([N+](=O)[O-])cn1)Nc1cn[nH]c1. The van der Waals surface area contributed by atoms with E-state index in [-0.39, 0.29) is 18.1 Å². The van der Waals surface area contributed by atoms with E-state index in [2.05, 4.69) is 20.6 Å². The van der Waals surface area contributed by atoms with E-state index in [9.17, 15) is 14.9 Å². The minimum absolute atomic E-state index is 0.0982. The average molecular weight is 236 g/mol. The van der Waals surface area contributed by atoms with Gasteiger partial charge in [-0.05, 0) is 0 Å². The van der Waals surface area contributed by atoms with Gasteiger partial charge < -0.3 is 5.32 Å². The number of anilines is 1. The monoisotopic (exact) mass is 236 g/mol. The lowest BCUT2D eigenvalue weighted by atomic mass is 10.5. The minimum Gasteiger partial charge on any atom is -0.322 e. The number of nitrogens with zero attached hydrogens (tertiary/aromatic N) is 4. The van der Waals surface area contributed by atoms with Gasteiger partial charge in [-0.2, -0.15) is 10.2 Å². The number of amides is 1. The predicted octanol–water partition coefficient (Wildman–Crippen LogP) is 0.153. The Balaban J connectivity index is 1.96. The fourth-order valence-corrected chi connectivity index (χ4v) is 1.20. The summed E-state index contributed by atoms with van der Waals surface area (Å²) in [6, 6.07) is 0. The molecule has 0 saturated heterocycles. The van der Waals surface area contributed by atoms with Crippen molar-refractivity contribution < 1.29 is 9.72 Å². The zero-order valence-corrected chi connectivity index (χ0v) is 8.53. The molecule has 0 aliphatic carbocycles. The fourth-order valence-electron chi connectivity index (χ4n) is 1.20. The molecule has 9 nitrogen and oxygen atoms in total. The van der Waals surface area contributed by atoms with Crippen molar-refractivity contribution in [2.75, 3.05) is 5.32 Å². The van der Waals surface area contributed by atoms with Crippen molar-refractivity contribution in [1.29, 1.82) is 0 Å². The van der Waals surface area contributed by atoms with Gasteiger partial charge in [-0.15, -0.1) is 0 Å². The van der Waals surface area contributed by atoms with Crippen molar-refractivity contribution in [1.82, 2.24) is 20.0 Å². The molecule has 2 rings (SSSR count). The first-order valence-corrected chi connectivity index (χ1v) is 4.60. The van der Waals surface area contributed by atoms with Crippen molar-refractivity contribution in [3.63, 3.8) is 0 Å². The van der Waals surface area contributed by atoms with Crippen LogP contribution >= 0.6 is 0 Å². The van der Waals surface area contributed by atoms with Crippen LogP contribution in [0.4, 0.5) is 11.4 Å². The van der Waals surface area contributed by atoms with Crippen molar-refractivity contribution in [3.05, 3.63) is 34.9 Å². The first-order chi connectivity index (χ1) is 8.15. The summed E-state index contributed by atoms with van der Waals surface area (Å²) in [7, 11) is 0. The second-order valence-corrected chi connectivity index (χ2v) is 3.19. The van der Waals surface area contributed by atoms with Crippen LogP contribution < -0.4 is 5.32 Å². The molecule has 0 radical (unpaired) electrons. The summed E-state index contributed by atoms with van der Waals surface area (Å²) in [6.07, 6.45) is 5.24. The van der Waals surface area contributed by atoms with E-state index in [0.29, 0.717) is 5.69 Å². The Morgan fingerprint density at radius 1 is 1.59 bits per heavy atom. The third-order valence-corrected chi connectivity index (χ3v) is 1.92. The molecule has 0 atom stereocenters. The standard InChI is InChI=1S/C8H8N6O3/c15-8(12-6-1-9-10-2-6)5-13-4-7(3-11-13)14(16)17/h1-4H,5H2,(H,9,10)(H,12,15). The number of aromatic nitrogens is 4. The molecule has 9 heteroatoms. The number of hydrogen-bond donors (Lipinski definition) is 2. The van der Waals surface area contributed by atoms with E-state index in [1.807, 2.05) is 0 Å². The molecule has 0 saturated carbocycles. The van der Waals surface area contributed by atoms with Crippen LogP contribution in [0.15, 0.2) is 24.8 Å². The van der Waals surface area contributed by atoms with Crippen LogP contribution in [-0.2, 0) is 11.3 Å². The van der Waals surface area contributed by atoms with Crippen molar-refractivity contribution in [2.24, 2.45) is 0 Å². The van der Waals surface area contributed by atoms with Gasteiger partial charge in [-0.25, -0.2) is 0 Å². The van der Waals surface area contributed by atoms with Crippen LogP contribution in [0.3, 0.4) is 0 Å². The van der Waals surface area contributed by atoms with Gasteiger partial charge >= 0.3 is 5.69 Å². The Labute approximate surface area is 94.6 Å². The molecule has 88 valence electrons. The van der Waals surface area contributed by atoms with Gasteiger partial charge in [-0.1, -0.05) is 0 Å². The maximum Gasteiger partial charge on any atom is 0.307 e. The first kappa shape index (κ1) is 10.8. The number of nitro groups is 1. The molecule has 0 bridgehead atoms. The molecule has 0 fully saturated rings. The maximum atomic E-state index is 11.5. The van der Waals surface area contributed by atoms with E-state index in [0.717, 1.165) is 6.20 Å². The summed E-state index contributed by atoms with van der Waals surface area (Å²) in [5, 5.41) is 22.8. The fraction of sp³-hybridized carbons (Fsp3) is 0.125. The van der Waals surface area contributed by atoms with E-state index in [1.54, 1.807) is 0 Å². The van der Waals surface area contributed by atoms with Gasteiger partial charge in [0.25, 0.3) is 0 Å². The topological polar surface area (TPSA) is 119 Å². The average Bonchev–Trinajstić information content (AvgIpc) is 2.88. The summed E-state index contributed by atoms with van der Waals surface area (Å²) in [4.78, 5) is 21.3. The molecule has 0 aromatic carbocycles. The van der Waals surface area contributed by atoms with Gasteiger partial charge in [0.15, 0.2) is 0 Å². The molecule has 0 aliphatic rings. The Bertz CT molecular complexity index is 531. The van der Waals surface area contributed by atoms with Gasteiger partial charge in [0.2, 0.25) is 5.91 Å². The molecule has 2 heterocycles. The Morgan fingerprint density at radius 3 is 3.00 bits per heavy atom. The van der Waals surface area contributed by atoms with E-state index in [1.165, 1.54) is 23.3 Å². The van der Waals surface area contributed by atoms with Gasteiger partial charge in [-0.3, -0.25) is 24.7 Å². The normalized spacial score (nSPS) is 10.1. The number of hydrogen-bond acceptors (Lipinski definition) is 5. The molecule has 2 N–H and O–H groups in total. The van der Waals surface area contributed by atoms with E-state index in [4.69, 9.17) is 0 Å². The largest absolute Gasteiger partial charge is 0.322 e.